The highest BCUT2D eigenvalue weighted by atomic mass is 79.9. The number of ether oxygens (including phenoxy) is 2. The average molecular weight is 723 g/mol. The Morgan fingerprint density at radius 3 is 2.42 bits per heavy atom. The van der Waals surface area contributed by atoms with E-state index in [1.165, 1.54) is 4.90 Å². The average Bonchev–Trinajstić information content (AvgIpc) is 3.69. The number of nitrogens with zero attached hydrogens (tertiary/aromatic N) is 2. The van der Waals surface area contributed by atoms with Crippen LogP contribution in [0.15, 0.2) is 86.0 Å². The number of carbonyl (C=O) groups excluding carboxylic acids is 4. The second-order valence-electron chi connectivity index (χ2n) is 12.8. The molecule has 0 saturated carbocycles. The Hall–Kier alpha value is -3.80. The van der Waals surface area contributed by atoms with Crippen LogP contribution >= 0.6 is 15.9 Å². The number of hydrogen-bond donors (Lipinski definition) is 2. The summed E-state index contributed by atoms with van der Waals surface area (Å²) in [6.45, 7) is 9.38. The van der Waals surface area contributed by atoms with Crippen molar-refractivity contribution < 1.29 is 33.8 Å². The zero-order valence-corrected chi connectivity index (χ0v) is 28.8. The summed E-state index contributed by atoms with van der Waals surface area (Å²) in [5.74, 6) is -3.56. The maximum Gasteiger partial charge on any atom is 0.312 e. The lowest BCUT2D eigenvalue weighted by Gasteiger charge is -2.39. The van der Waals surface area contributed by atoms with Crippen LogP contribution in [-0.2, 0) is 41.6 Å². The summed E-state index contributed by atoms with van der Waals surface area (Å²) in [4.78, 5) is 58.3. The zero-order valence-electron chi connectivity index (χ0n) is 27.2. The molecule has 5 rings (SSSR count). The fourth-order valence-corrected chi connectivity index (χ4v) is 8.35. The van der Waals surface area contributed by atoms with E-state index in [2.05, 4.69) is 34.4 Å². The largest absolute Gasteiger partial charge is 0.460 e. The highest BCUT2D eigenvalue weighted by Gasteiger charge is 2.77. The Kier molecular flexibility index (Phi) is 11.5. The van der Waals surface area contributed by atoms with Gasteiger partial charge >= 0.3 is 5.97 Å². The van der Waals surface area contributed by atoms with Crippen molar-refractivity contribution in [1.29, 1.82) is 0 Å². The van der Waals surface area contributed by atoms with Gasteiger partial charge in [-0.05, 0) is 37.3 Å². The number of likely N-dealkylation sites (tertiary alicyclic amines) is 1. The molecule has 2 bridgehead atoms. The number of hydrogen-bond acceptors (Lipinski definition) is 7. The highest BCUT2D eigenvalue weighted by molar-refractivity contribution is 9.09. The molecular formula is C37H44BrN3O7. The van der Waals surface area contributed by atoms with Gasteiger partial charge in [0.05, 0.1) is 37.1 Å². The monoisotopic (exact) mass is 721 g/mol. The Labute approximate surface area is 290 Å². The Morgan fingerprint density at radius 1 is 1.12 bits per heavy atom. The van der Waals surface area contributed by atoms with Crippen LogP contribution in [-0.4, -0.2) is 93.0 Å². The highest BCUT2D eigenvalue weighted by Crippen LogP contribution is 2.60. The number of rotatable bonds is 16. The second kappa shape index (κ2) is 15.6. The van der Waals surface area contributed by atoms with E-state index in [1.807, 2.05) is 60.7 Å². The molecule has 2 aromatic carbocycles. The van der Waals surface area contributed by atoms with Gasteiger partial charge < -0.3 is 29.7 Å². The number of esters is 1. The third-order valence-corrected chi connectivity index (χ3v) is 10.4. The molecule has 0 aromatic heterocycles. The van der Waals surface area contributed by atoms with E-state index < -0.39 is 60.2 Å². The number of fused-ring (bicyclic) bond motifs is 1. The maximum atomic E-state index is 14.8. The summed E-state index contributed by atoms with van der Waals surface area (Å²) in [7, 11) is 0. The predicted molar refractivity (Wildman–Crippen MR) is 184 cm³/mol. The van der Waals surface area contributed by atoms with Gasteiger partial charge in [0.25, 0.3) is 0 Å². The van der Waals surface area contributed by atoms with Crippen molar-refractivity contribution in [3.05, 3.63) is 97.1 Å². The minimum atomic E-state index is -1.33. The third kappa shape index (κ3) is 7.13. The normalized spacial score (nSPS) is 26.8. The maximum absolute atomic E-state index is 14.8. The lowest BCUT2D eigenvalue weighted by atomic mass is 9.70. The molecular weight excluding hydrogens is 678 g/mol. The van der Waals surface area contributed by atoms with Gasteiger partial charge in [0.1, 0.15) is 17.7 Å². The van der Waals surface area contributed by atoms with E-state index in [4.69, 9.17) is 9.47 Å². The first-order valence-electron chi connectivity index (χ1n) is 16.5. The van der Waals surface area contributed by atoms with Gasteiger partial charge in [0.2, 0.25) is 17.7 Å². The molecule has 2 aromatic rings. The first-order valence-corrected chi connectivity index (χ1v) is 17.4. The summed E-state index contributed by atoms with van der Waals surface area (Å²) < 4.78 is 12.5. The van der Waals surface area contributed by atoms with Gasteiger partial charge in [-0.25, -0.2) is 0 Å². The van der Waals surface area contributed by atoms with E-state index in [0.29, 0.717) is 19.3 Å². The number of nitrogens with one attached hydrogen (secondary N) is 1. The summed E-state index contributed by atoms with van der Waals surface area (Å²) in [5, 5.41) is 13.5. The first kappa shape index (κ1) is 35.5. The van der Waals surface area contributed by atoms with Crippen LogP contribution in [0.1, 0.15) is 37.3 Å². The van der Waals surface area contributed by atoms with Crippen LogP contribution in [0.3, 0.4) is 0 Å². The number of carbonyl (C=O) groups is 4. The number of allylic oxidation sites excluding steroid dienone is 1. The molecule has 3 aliphatic heterocycles. The summed E-state index contributed by atoms with van der Waals surface area (Å²) in [6.07, 6.45) is 3.35. The number of aliphatic hydroxyl groups excluding tert-OH is 1. The summed E-state index contributed by atoms with van der Waals surface area (Å²) in [6, 6.07) is 17.2. The van der Waals surface area contributed by atoms with Gasteiger partial charge in [-0.1, -0.05) is 88.7 Å². The molecule has 3 aliphatic rings. The van der Waals surface area contributed by atoms with Crippen molar-refractivity contribution >= 4 is 39.6 Å². The van der Waals surface area contributed by atoms with Gasteiger partial charge in [0, 0.05) is 24.3 Å². The number of alkyl halides is 1. The van der Waals surface area contributed by atoms with Crippen molar-refractivity contribution in [3.8, 4) is 0 Å². The van der Waals surface area contributed by atoms with Crippen LogP contribution in [0.2, 0.25) is 0 Å². The van der Waals surface area contributed by atoms with Gasteiger partial charge in [0.15, 0.2) is 0 Å². The fraction of sp³-hybridized carbons (Fsp3) is 0.459. The van der Waals surface area contributed by atoms with Crippen molar-refractivity contribution in [2.75, 3.05) is 19.7 Å². The molecule has 1 spiro atoms. The van der Waals surface area contributed by atoms with Crippen LogP contribution in [0.4, 0.5) is 0 Å². The van der Waals surface area contributed by atoms with E-state index in [-0.39, 0.29) is 42.7 Å². The topological polar surface area (TPSA) is 125 Å². The first-order chi connectivity index (χ1) is 23.1. The third-order valence-electron chi connectivity index (χ3n) is 9.51. The second-order valence-corrected chi connectivity index (χ2v) is 14.0. The van der Waals surface area contributed by atoms with E-state index in [0.717, 1.165) is 11.1 Å². The van der Waals surface area contributed by atoms with Crippen LogP contribution in [0.5, 0.6) is 0 Å². The molecule has 11 heteroatoms. The number of halogens is 1. The minimum absolute atomic E-state index is 0.106. The van der Waals surface area contributed by atoms with Crippen molar-refractivity contribution in [3.63, 3.8) is 0 Å². The quantitative estimate of drug-likeness (QED) is 0.154. The molecule has 0 radical (unpaired) electrons. The Morgan fingerprint density at radius 2 is 1.79 bits per heavy atom. The smallest absolute Gasteiger partial charge is 0.312 e. The van der Waals surface area contributed by atoms with Crippen molar-refractivity contribution in [2.24, 2.45) is 11.8 Å². The van der Waals surface area contributed by atoms with Gasteiger partial charge in [-0.3, -0.25) is 19.2 Å². The summed E-state index contributed by atoms with van der Waals surface area (Å²) in [5.41, 5.74) is 0.461. The van der Waals surface area contributed by atoms with Crippen molar-refractivity contribution in [1.82, 2.24) is 15.1 Å². The fourth-order valence-electron chi connectivity index (χ4n) is 7.41. The molecule has 3 heterocycles. The minimum Gasteiger partial charge on any atom is -0.460 e. The standard InChI is InChI=1S/C37H44BrN3O7/c1-4-6-17-29(43)39-21-24(3)47-36(46)30-31-34(44)41(27(23-42)19-25-13-9-7-10-14-25)33(37(31)20-28(38)32(30)48-37)35(45)40(18-5-2)22-26-15-11-8-12-16-26/h4-5,7-16,24,27-28,30-33,42H,1-2,6,17-23H2,3H3,(H,39,43)/t24-,27-,28?,30+,31-,32+,33+,37-/m1/s1. The Balaban J connectivity index is 1.48. The summed E-state index contributed by atoms with van der Waals surface area (Å²) >= 11 is 3.70. The van der Waals surface area contributed by atoms with Crippen molar-refractivity contribution in [2.45, 2.75) is 73.9 Å². The zero-order chi connectivity index (χ0) is 34.4. The number of amides is 3. The molecule has 2 N–H and O–H groups in total. The van der Waals surface area contributed by atoms with E-state index in [1.54, 1.807) is 24.0 Å². The molecule has 48 heavy (non-hydrogen) atoms. The van der Waals surface area contributed by atoms with Gasteiger partial charge in [-0.15, -0.1) is 13.2 Å². The molecule has 0 aliphatic carbocycles. The molecule has 3 fully saturated rings. The molecule has 10 nitrogen and oxygen atoms in total. The van der Waals surface area contributed by atoms with E-state index in [9.17, 15) is 24.3 Å². The molecule has 3 amide bonds. The Bertz CT molecular complexity index is 1490. The van der Waals surface area contributed by atoms with Crippen LogP contribution < -0.4 is 5.32 Å². The SMILES string of the molecule is C=CCCC(=O)NC[C@@H](C)OC(=O)[C@@H]1[C@H]2O[C@@]3(CC2Br)[C@H](C(=O)N(CC=C)Cc2ccccc2)N([C@@H](CO)Cc2ccccc2)C(=O)[C@@H]13. The van der Waals surface area contributed by atoms with Crippen LogP contribution in [0.25, 0.3) is 0 Å². The molecule has 256 valence electrons. The molecule has 3 saturated heterocycles. The lowest BCUT2D eigenvalue weighted by Crippen LogP contribution is -2.59. The lowest BCUT2D eigenvalue weighted by molar-refractivity contribution is -0.160. The van der Waals surface area contributed by atoms with Crippen LogP contribution in [0, 0.1) is 11.8 Å². The number of aliphatic hydroxyl groups is 1. The molecule has 1 unspecified atom stereocenters. The van der Waals surface area contributed by atoms with Gasteiger partial charge in [-0.2, -0.15) is 0 Å². The van der Waals surface area contributed by atoms with E-state index >= 15 is 0 Å². The predicted octanol–water partition coefficient (Wildman–Crippen LogP) is 3.57. The molecule has 8 atom stereocenters. The number of benzene rings is 2.